The predicted octanol–water partition coefficient (Wildman–Crippen LogP) is 9.30. The monoisotopic (exact) mass is 515 g/mol. The topological polar surface area (TPSA) is 26.0 Å². The molecule has 170 valence electrons. The van der Waals surface area contributed by atoms with E-state index in [1.807, 2.05) is 0 Å². The summed E-state index contributed by atoms with van der Waals surface area (Å²) in [5.74, 6) is 0. The number of nitrogens with two attached hydrogens (primary N) is 1. The summed E-state index contributed by atoms with van der Waals surface area (Å²) in [6, 6.07) is 8.72. The fourth-order valence-corrected chi connectivity index (χ4v) is 4.23. The summed E-state index contributed by atoms with van der Waals surface area (Å²) < 4.78 is 0. The minimum atomic E-state index is -0.231. The van der Waals surface area contributed by atoms with Gasteiger partial charge in [-0.3, -0.25) is 0 Å². The highest BCUT2D eigenvalue weighted by Crippen LogP contribution is 2.23. The van der Waals surface area contributed by atoms with E-state index >= 15 is 0 Å². The first-order valence-electron chi connectivity index (χ1n) is 12.4. The van der Waals surface area contributed by atoms with Crippen LogP contribution in [0, 0.1) is 0 Å². The van der Waals surface area contributed by atoms with Crippen LogP contribution < -0.4 is 5.73 Å². The van der Waals surface area contributed by atoms with E-state index in [4.69, 9.17) is 5.73 Å². The van der Waals surface area contributed by atoms with E-state index in [1.54, 1.807) is 0 Å². The van der Waals surface area contributed by atoms with Gasteiger partial charge in [0.25, 0.3) is 0 Å². The minimum Gasteiger partial charge on any atom is -0.322 e. The van der Waals surface area contributed by atoms with E-state index in [2.05, 4.69) is 45.0 Å². The maximum absolute atomic E-state index is 6.32. The zero-order valence-corrected chi connectivity index (χ0v) is 22.1. The standard InChI is InChI=1S/C27H49N.HI/c1-4-5-6-7-8-9-10-11-12-13-14-15-16-17-18-19-22-25-23-20-21-24-26(25)27(2,3)28;/h20-21,23-24H,4-19,22,28H2,1-3H3;1H. The van der Waals surface area contributed by atoms with E-state index in [1.165, 1.54) is 120 Å². The van der Waals surface area contributed by atoms with Crippen LogP contribution in [0.2, 0.25) is 0 Å². The summed E-state index contributed by atoms with van der Waals surface area (Å²) in [6.45, 7) is 6.52. The maximum Gasteiger partial charge on any atom is 0.0355 e. The van der Waals surface area contributed by atoms with Crippen molar-refractivity contribution in [2.24, 2.45) is 5.73 Å². The number of halogens is 1. The van der Waals surface area contributed by atoms with E-state index in [-0.39, 0.29) is 29.5 Å². The Morgan fingerprint density at radius 1 is 0.621 bits per heavy atom. The molecule has 1 nitrogen and oxygen atoms in total. The molecule has 0 radical (unpaired) electrons. The van der Waals surface area contributed by atoms with Crippen molar-refractivity contribution in [3.63, 3.8) is 0 Å². The van der Waals surface area contributed by atoms with Gasteiger partial charge in [0, 0.05) is 5.54 Å². The molecule has 0 spiro atoms. The smallest absolute Gasteiger partial charge is 0.0355 e. The van der Waals surface area contributed by atoms with Crippen molar-refractivity contribution in [2.75, 3.05) is 0 Å². The fourth-order valence-electron chi connectivity index (χ4n) is 4.23. The van der Waals surface area contributed by atoms with E-state index < -0.39 is 0 Å². The minimum absolute atomic E-state index is 0. The molecule has 1 rings (SSSR count). The third-order valence-corrected chi connectivity index (χ3v) is 6.01. The van der Waals surface area contributed by atoms with E-state index in [9.17, 15) is 0 Å². The Bertz CT molecular complexity index is 478. The second-order valence-electron chi connectivity index (χ2n) is 9.43. The number of benzene rings is 1. The van der Waals surface area contributed by atoms with Crippen molar-refractivity contribution in [1.82, 2.24) is 0 Å². The lowest BCUT2D eigenvalue weighted by Gasteiger charge is -2.23. The molecule has 0 amide bonds. The summed E-state index contributed by atoms with van der Waals surface area (Å²) in [4.78, 5) is 0. The Hall–Kier alpha value is -0.0900. The first kappa shape index (κ1) is 28.9. The molecule has 1 aromatic carbocycles. The third kappa shape index (κ3) is 15.4. The normalized spacial score (nSPS) is 11.4. The van der Waals surface area contributed by atoms with E-state index in [0.717, 1.165) is 0 Å². The predicted molar refractivity (Wildman–Crippen MR) is 142 cm³/mol. The van der Waals surface area contributed by atoms with Crippen LogP contribution in [0.4, 0.5) is 0 Å². The Morgan fingerprint density at radius 2 is 1.00 bits per heavy atom. The molecule has 29 heavy (non-hydrogen) atoms. The highest BCUT2D eigenvalue weighted by Gasteiger charge is 2.17. The molecule has 0 bridgehead atoms. The average Bonchev–Trinajstić information content (AvgIpc) is 2.67. The Kier molecular flexibility index (Phi) is 18.6. The lowest BCUT2D eigenvalue weighted by molar-refractivity contribution is 0.527. The van der Waals surface area contributed by atoms with Crippen molar-refractivity contribution in [2.45, 2.75) is 135 Å². The van der Waals surface area contributed by atoms with Crippen molar-refractivity contribution < 1.29 is 0 Å². The summed E-state index contributed by atoms with van der Waals surface area (Å²) in [7, 11) is 0. The molecule has 0 saturated carbocycles. The van der Waals surface area contributed by atoms with Gasteiger partial charge in [-0.15, -0.1) is 24.0 Å². The van der Waals surface area contributed by atoms with Crippen LogP contribution in [0.25, 0.3) is 0 Å². The van der Waals surface area contributed by atoms with Crippen LogP contribution in [0.1, 0.15) is 135 Å². The second-order valence-corrected chi connectivity index (χ2v) is 9.43. The summed E-state index contributed by atoms with van der Waals surface area (Å²) in [6.07, 6.45) is 24.0. The number of aryl methyl sites for hydroxylation is 1. The van der Waals surface area contributed by atoms with Crippen molar-refractivity contribution in [3.05, 3.63) is 35.4 Å². The zero-order valence-electron chi connectivity index (χ0n) is 19.8. The van der Waals surface area contributed by atoms with Gasteiger partial charge >= 0.3 is 0 Å². The summed E-state index contributed by atoms with van der Waals surface area (Å²) >= 11 is 0. The molecule has 0 aromatic heterocycles. The Balaban J connectivity index is 0.00000784. The van der Waals surface area contributed by atoms with Gasteiger partial charge in [-0.2, -0.15) is 0 Å². The van der Waals surface area contributed by atoms with Crippen LogP contribution in [0.5, 0.6) is 0 Å². The quantitative estimate of drug-likeness (QED) is 0.153. The van der Waals surface area contributed by atoms with E-state index in [0.29, 0.717) is 0 Å². The fraction of sp³-hybridized carbons (Fsp3) is 0.778. The van der Waals surface area contributed by atoms with Gasteiger partial charge in [-0.05, 0) is 37.8 Å². The Labute approximate surface area is 200 Å². The number of hydrogen-bond donors (Lipinski definition) is 1. The van der Waals surface area contributed by atoms with Gasteiger partial charge in [-0.1, -0.05) is 128 Å². The SMILES string of the molecule is CCCCCCCCCCCCCCCCCCc1ccccc1C(C)(C)N.I. The van der Waals surface area contributed by atoms with Gasteiger partial charge in [0.1, 0.15) is 0 Å². The molecule has 0 unspecified atom stereocenters. The largest absolute Gasteiger partial charge is 0.322 e. The third-order valence-electron chi connectivity index (χ3n) is 6.01. The molecular formula is C27H50IN. The van der Waals surface area contributed by atoms with Gasteiger partial charge in [-0.25, -0.2) is 0 Å². The van der Waals surface area contributed by atoms with Crippen LogP contribution in [-0.2, 0) is 12.0 Å². The second kappa shape index (κ2) is 18.7. The molecule has 2 N–H and O–H groups in total. The maximum atomic E-state index is 6.32. The lowest BCUT2D eigenvalue weighted by Crippen LogP contribution is -2.30. The first-order valence-corrected chi connectivity index (χ1v) is 12.4. The van der Waals surface area contributed by atoms with Crippen LogP contribution in [0.3, 0.4) is 0 Å². The average molecular weight is 516 g/mol. The Morgan fingerprint density at radius 3 is 1.41 bits per heavy atom. The molecule has 1 aromatic rings. The molecule has 0 aliphatic rings. The molecular weight excluding hydrogens is 465 g/mol. The molecule has 0 aliphatic carbocycles. The highest BCUT2D eigenvalue weighted by molar-refractivity contribution is 14.0. The van der Waals surface area contributed by atoms with Gasteiger partial charge in [0.15, 0.2) is 0 Å². The molecule has 0 heterocycles. The number of rotatable bonds is 18. The zero-order chi connectivity index (χ0) is 20.5. The van der Waals surface area contributed by atoms with Crippen molar-refractivity contribution >= 4 is 24.0 Å². The molecule has 0 saturated heterocycles. The molecule has 0 fully saturated rings. The van der Waals surface area contributed by atoms with Crippen molar-refractivity contribution in [3.8, 4) is 0 Å². The summed E-state index contributed by atoms with van der Waals surface area (Å²) in [5.41, 5.74) is 8.85. The molecule has 0 atom stereocenters. The van der Waals surface area contributed by atoms with Gasteiger partial charge < -0.3 is 5.73 Å². The molecule has 2 heteroatoms. The summed E-state index contributed by atoms with van der Waals surface area (Å²) in [5, 5.41) is 0. The highest BCUT2D eigenvalue weighted by atomic mass is 127. The van der Waals surface area contributed by atoms with Gasteiger partial charge in [0.2, 0.25) is 0 Å². The van der Waals surface area contributed by atoms with Crippen LogP contribution in [0.15, 0.2) is 24.3 Å². The van der Waals surface area contributed by atoms with Gasteiger partial charge in [0.05, 0.1) is 0 Å². The first-order chi connectivity index (χ1) is 13.6. The lowest BCUT2D eigenvalue weighted by atomic mass is 9.89. The van der Waals surface area contributed by atoms with Crippen LogP contribution >= 0.6 is 24.0 Å². The van der Waals surface area contributed by atoms with Crippen molar-refractivity contribution in [1.29, 1.82) is 0 Å². The number of unbranched alkanes of at least 4 members (excludes halogenated alkanes) is 15. The number of hydrogen-bond acceptors (Lipinski definition) is 1. The molecule has 0 aliphatic heterocycles. The van der Waals surface area contributed by atoms with Crippen LogP contribution in [-0.4, -0.2) is 0 Å².